The number of anilines is 2. The maximum Gasteiger partial charge on any atom is 0.0492 e. The van der Waals surface area contributed by atoms with E-state index in [2.05, 4.69) is 54.9 Å². The first kappa shape index (κ1) is 14.1. The molecule has 1 aromatic carbocycles. The number of hydrogen-bond donors (Lipinski definition) is 1. The quantitative estimate of drug-likeness (QED) is 0.915. The fourth-order valence-electron chi connectivity index (χ4n) is 3.30. The number of nitrogens with two attached hydrogens (primary N) is 1. The molecular weight excluding hydrogens is 258 g/mol. The highest BCUT2D eigenvalue weighted by Gasteiger charge is 2.21. The third-order valence-corrected chi connectivity index (χ3v) is 4.28. The summed E-state index contributed by atoms with van der Waals surface area (Å²) in [6.07, 6.45) is 2.34. The number of aromatic nitrogens is 1. The van der Waals surface area contributed by atoms with Gasteiger partial charge in [-0.3, -0.25) is 4.98 Å². The van der Waals surface area contributed by atoms with Gasteiger partial charge in [0.1, 0.15) is 0 Å². The Morgan fingerprint density at radius 1 is 1.14 bits per heavy atom. The highest BCUT2D eigenvalue weighted by molar-refractivity contribution is 5.71. The Hall–Kier alpha value is -1.87. The van der Waals surface area contributed by atoms with Crippen molar-refractivity contribution in [3.8, 4) is 0 Å². The minimum atomic E-state index is 0.534. The second-order valence-electron chi connectivity index (χ2n) is 5.94. The lowest BCUT2D eigenvalue weighted by Gasteiger charge is -2.33. The SMILES string of the molecule is Cc1ccc2c(c1)CCCN2c1cc(C)nc(C)c1CN. The van der Waals surface area contributed by atoms with Gasteiger partial charge in [0.05, 0.1) is 0 Å². The van der Waals surface area contributed by atoms with E-state index in [1.165, 1.54) is 28.9 Å². The average molecular weight is 281 g/mol. The van der Waals surface area contributed by atoms with E-state index in [1.807, 2.05) is 0 Å². The summed E-state index contributed by atoms with van der Waals surface area (Å²) >= 11 is 0. The van der Waals surface area contributed by atoms with Gasteiger partial charge in [-0.05, 0) is 51.3 Å². The molecule has 0 saturated heterocycles. The summed E-state index contributed by atoms with van der Waals surface area (Å²) in [6.45, 7) is 7.85. The van der Waals surface area contributed by atoms with Crippen molar-refractivity contribution in [3.05, 3.63) is 52.3 Å². The third kappa shape index (κ3) is 2.54. The molecule has 21 heavy (non-hydrogen) atoms. The Balaban J connectivity index is 2.15. The van der Waals surface area contributed by atoms with Gasteiger partial charge in [0.15, 0.2) is 0 Å². The summed E-state index contributed by atoms with van der Waals surface area (Å²) in [4.78, 5) is 6.98. The van der Waals surface area contributed by atoms with Crippen molar-refractivity contribution in [3.63, 3.8) is 0 Å². The summed E-state index contributed by atoms with van der Waals surface area (Å²) in [5.41, 5.74) is 14.6. The lowest BCUT2D eigenvalue weighted by molar-refractivity contribution is 0.760. The topological polar surface area (TPSA) is 42.2 Å². The van der Waals surface area contributed by atoms with E-state index in [1.54, 1.807) is 0 Å². The first-order valence-electron chi connectivity index (χ1n) is 7.64. The van der Waals surface area contributed by atoms with Gasteiger partial charge in [-0.15, -0.1) is 0 Å². The molecule has 0 unspecified atom stereocenters. The molecule has 3 rings (SSSR count). The van der Waals surface area contributed by atoms with Crippen LogP contribution in [0.3, 0.4) is 0 Å². The van der Waals surface area contributed by atoms with Crippen LogP contribution in [0.15, 0.2) is 24.3 Å². The third-order valence-electron chi connectivity index (χ3n) is 4.28. The zero-order chi connectivity index (χ0) is 15.0. The largest absolute Gasteiger partial charge is 0.341 e. The molecule has 110 valence electrons. The Bertz CT molecular complexity index is 676. The highest BCUT2D eigenvalue weighted by Crippen LogP contribution is 2.36. The average Bonchev–Trinajstić information content (AvgIpc) is 2.45. The fourth-order valence-corrected chi connectivity index (χ4v) is 3.30. The molecule has 2 N–H and O–H groups in total. The maximum absolute atomic E-state index is 5.99. The van der Waals surface area contributed by atoms with Gasteiger partial charge >= 0.3 is 0 Å². The Labute approximate surface area is 126 Å². The predicted octanol–water partition coefficient (Wildman–Crippen LogP) is 3.55. The van der Waals surface area contributed by atoms with E-state index in [9.17, 15) is 0 Å². The predicted molar refractivity (Wildman–Crippen MR) is 88.1 cm³/mol. The normalized spacial score (nSPS) is 14.2. The molecule has 2 heterocycles. The van der Waals surface area contributed by atoms with Crippen molar-refractivity contribution >= 4 is 11.4 Å². The van der Waals surface area contributed by atoms with Crippen molar-refractivity contribution in [2.24, 2.45) is 5.73 Å². The molecule has 0 radical (unpaired) electrons. The molecule has 0 atom stereocenters. The summed E-state index contributed by atoms with van der Waals surface area (Å²) in [7, 11) is 0. The lowest BCUT2D eigenvalue weighted by Crippen LogP contribution is -2.26. The standard InChI is InChI=1S/C18H23N3/c1-12-6-7-17-15(9-12)5-4-8-21(17)18-10-13(2)20-14(3)16(18)11-19/h6-7,9-10H,4-5,8,11,19H2,1-3H3. The number of rotatable bonds is 2. The number of hydrogen-bond acceptors (Lipinski definition) is 3. The van der Waals surface area contributed by atoms with E-state index in [0.717, 1.165) is 29.9 Å². The molecule has 1 aliphatic heterocycles. The van der Waals surface area contributed by atoms with Crippen molar-refractivity contribution < 1.29 is 0 Å². The number of nitrogens with zero attached hydrogens (tertiary/aromatic N) is 2. The summed E-state index contributed by atoms with van der Waals surface area (Å²) in [6, 6.07) is 8.92. The van der Waals surface area contributed by atoms with E-state index in [-0.39, 0.29) is 0 Å². The smallest absolute Gasteiger partial charge is 0.0492 e. The van der Waals surface area contributed by atoms with E-state index >= 15 is 0 Å². The zero-order valence-corrected chi connectivity index (χ0v) is 13.1. The van der Waals surface area contributed by atoms with Gasteiger partial charge in [-0.1, -0.05) is 17.7 Å². The van der Waals surface area contributed by atoms with Crippen LogP contribution in [0.1, 0.15) is 34.5 Å². The van der Waals surface area contributed by atoms with Crippen molar-refractivity contribution in [1.82, 2.24) is 4.98 Å². The van der Waals surface area contributed by atoms with E-state index in [4.69, 9.17) is 5.73 Å². The summed E-state index contributed by atoms with van der Waals surface area (Å²) < 4.78 is 0. The van der Waals surface area contributed by atoms with Crippen LogP contribution in [0.4, 0.5) is 11.4 Å². The molecule has 0 amide bonds. The molecule has 2 aromatic rings. The first-order valence-corrected chi connectivity index (χ1v) is 7.64. The van der Waals surface area contributed by atoms with Crippen molar-refractivity contribution in [1.29, 1.82) is 0 Å². The number of aryl methyl sites for hydroxylation is 4. The summed E-state index contributed by atoms with van der Waals surface area (Å²) in [5.74, 6) is 0. The summed E-state index contributed by atoms with van der Waals surface area (Å²) in [5, 5.41) is 0. The Morgan fingerprint density at radius 2 is 1.95 bits per heavy atom. The van der Waals surface area contributed by atoms with Crippen molar-refractivity contribution in [2.75, 3.05) is 11.4 Å². The van der Waals surface area contributed by atoms with Gasteiger partial charge in [0, 0.05) is 41.4 Å². The number of pyridine rings is 1. The molecule has 0 fully saturated rings. The Kier molecular flexibility index (Phi) is 3.68. The van der Waals surface area contributed by atoms with Crippen LogP contribution in [-0.2, 0) is 13.0 Å². The Morgan fingerprint density at radius 3 is 2.71 bits per heavy atom. The molecule has 3 nitrogen and oxygen atoms in total. The van der Waals surface area contributed by atoms with Crippen LogP contribution >= 0.6 is 0 Å². The molecule has 0 saturated carbocycles. The second-order valence-corrected chi connectivity index (χ2v) is 5.94. The zero-order valence-electron chi connectivity index (χ0n) is 13.1. The minimum Gasteiger partial charge on any atom is -0.341 e. The molecule has 3 heteroatoms. The second kappa shape index (κ2) is 5.49. The van der Waals surface area contributed by atoms with Gasteiger partial charge in [-0.2, -0.15) is 0 Å². The van der Waals surface area contributed by atoms with Gasteiger partial charge in [0.2, 0.25) is 0 Å². The van der Waals surface area contributed by atoms with Crippen LogP contribution in [0.25, 0.3) is 0 Å². The molecule has 0 aliphatic carbocycles. The maximum atomic E-state index is 5.99. The van der Waals surface area contributed by atoms with Crippen LogP contribution in [-0.4, -0.2) is 11.5 Å². The molecule has 0 spiro atoms. The van der Waals surface area contributed by atoms with Gasteiger partial charge in [0.25, 0.3) is 0 Å². The van der Waals surface area contributed by atoms with E-state index < -0.39 is 0 Å². The molecule has 1 aromatic heterocycles. The van der Waals surface area contributed by atoms with Crippen LogP contribution < -0.4 is 10.6 Å². The van der Waals surface area contributed by atoms with Crippen LogP contribution in [0, 0.1) is 20.8 Å². The molecule has 1 aliphatic rings. The fraction of sp³-hybridized carbons (Fsp3) is 0.389. The molecular formula is C18H23N3. The monoisotopic (exact) mass is 281 g/mol. The van der Waals surface area contributed by atoms with Gasteiger partial charge < -0.3 is 10.6 Å². The van der Waals surface area contributed by atoms with Crippen molar-refractivity contribution in [2.45, 2.75) is 40.2 Å². The number of fused-ring (bicyclic) bond motifs is 1. The highest BCUT2D eigenvalue weighted by atomic mass is 15.1. The lowest BCUT2D eigenvalue weighted by atomic mass is 9.98. The number of benzene rings is 1. The van der Waals surface area contributed by atoms with Crippen LogP contribution in [0.2, 0.25) is 0 Å². The van der Waals surface area contributed by atoms with E-state index in [0.29, 0.717) is 6.54 Å². The molecule has 0 bridgehead atoms. The van der Waals surface area contributed by atoms with Crippen LogP contribution in [0.5, 0.6) is 0 Å². The minimum absolute atomic E-state index is 0.534. The first-order chi connectivity index (χ1) is 10.1. The van der Waals surface area contributed by atoms with Gasteiger partial charge in [-0.25, -0.2) is 0 Å².